The van der Waals surface area contributed by atoms with Gasteiger partial charge in [0.05, 0.1) is 22.0 Å². The molecule has 0 bridgehead atoms. The van der Waals surface area contributed by atoms with Crippen LogP contribution in [0.25, 0.3) is 11.4 Å². The molecule has 156 valence electrons. The third kappa shape index (κ3) is 4.02. The highest BCUT2D eigenvalue weighted by Gasteiger charge is 2.22. The van der Waals surface area contributed by atoms with Crippen LogP contribution in [-0.4, -0.2) is 22.9 Å². The fraction of sp³-hybridized carbons (Fsp3) is 0. The Bertz CT molecular complexity index is 1410. The van der Waals surface area contributed by atoms with E-state index in [-0.39, 0.29) is 22.2 Å². The number of aromatic hydroxyl groups is 1. The number of hydrogen-bond acceptors (Lipinski definition) is 6. The molecule has 0 fully saturated rings. The van der Waals surface area contributed by atoms with Crippen molar-refractivity contribution in [2.75, 3.05) is 0 Å². The summed E-state index contributed by atoms with van der Waals surface area (Å²) in [5, 5.41) is 23.8. The molecule has 0 saturated heterocycles. The van der Waals surface area contributed by atoms with Crippen LogP contribution in [0.4, 0.5) is 11.4 Å². The summed E-state index contributed by atoms with van der Waals surface area (Å²) in [7, 11) is -3.83. The maximum Gasteiger partial charge on any atom is 0.303 e. The Balaban J connectivity index is 1.83. The summed E-state index contributed by atoms with van der Waals surface area (Å²) in [6, 6.07) is 23.0. The molecule has 0 aliphatic heterocycles. The average molecular weight is 435 g/mol. The van der Waals surface area contributed by atoms with Gasteiger partial charge in [-0.15, -0.1) is 5.11 Å². The Labute approximate surface area is 177 Å². The number of primary sulfonamides is 1. The fourth-order valence-corrected chi connectivity index (χ4v) is 3.50. The smallest absolute Gasteiger partial charge is 0.303 e. The van der Waals surface area contributed by atoms with E-state index in [9.17, 15) is 18.3 Å². The van der Waals surface area contributed by atoms with Gasteiger partial charge < -0.3 is 5.11 Å². The van der Waals surface area contributed by atoms with E-state index in [1.807, 2.05) is 12.1 Å². The average Bonchev–Trinajstić information content (AvgIpc) is 3.03. The zero-order chi connectivity index (χ0) is 22.0. The quantitative estimate of drug-likeness (QED) is 0.465. The second-order valence-electron chi connectivity index (χ2n) is 6.51. The van der Waals surface area contributed by atoms with E-state index in [0.29, 0.717) is 11.4 Å². The van der Waals surface area contributed by atoms with Crippen molar-refractivity contribution in [1.29, 1.82) is 0 Å². The van der Waals surface area contributed by atoms with Crippen molar-refractivity contribution in [2.45, 2.75) is 4.90 Å². The van der Waals surface area contributed by atoms with Crippen LogP contribution in [0.2, 0.25) is 0 Å². The topological polar surface area (TPSA) is 132 Å². The van der Waals surface area contributed by atoms with Crippen molar-refractivity contribution in [2.24, 2.45) is 15.4 Å². The van der Waals surface area contributed by atoms with Crippen LogP contribution >= 0.6 is 0 Å². The lowest BCUT2D eigenvalue weighted by molar-refractivity contribution is 0.426. The largest absolute Gasteiger partial charge is 0.492 e. The molecule has 0 saturated carbocycles. The third-order valence-corrected chi connectivity index (χ3v) is 5.37. The summed E-state index contributed by atoms with van der Waals surface area (Å²) < 4.78 is 25.4. The molecule has 3 aromatic carbocycles. The van der Waals surface area contributed by atoms with Crippen molar-refractivity contribution in [3.8, 4) is 17.3 Å². The zero-order valence-electron chi connectivity index (χ0n) is 16.0. The monoisotopic (exact) mass is 435 g/mol. The Kier molecular flexibility index (Phi) is 5.24. The molecule has 1 aromatic heterocycles. The number of benzene rings is 3. The first kappa shape index (κ1) is 20.3. The van der Waals surface area contributed by atoms with Crippen molar-refractivity contribution < 1.29 is 13.5 Å². The van der Waals surface area contributed by atoms with E-state index >= 15 is 0 Å². The van der Waals surface area contributed by atoms with E-state index < -0.39 is 15.6 Å². The fourth-order valence-electron chi connectivity index (χ4n) is 2.99. The first-order chi connectivity index (χ1) is 14.9. The molecule has 0 aliphatic carbocycles. The lowest BCUT2D eigenvalue weighted by atomic mass is 10.3. The molecule has 10 heteroatoms. The Morgan fingerprint density at radius 3 is 1.77 bits per heavy atom. The van der Waals surface area contributed by atoms with E-state index in [1.54, 1.807) is 48.5 Å². The van der Waals surface area contributed by atoms with E-state index in [4.69, 9.17) is 5.14 Å². The van der Waals surface area contributed by atoms with E-state index in [0.717, 1.165) is 0 Å². The molecular formula is C21H17N5O4S. The summed E-state index contributed by atoms with van der Waals surface area (Å²) >= 11 is 0. The van der Waals surface area contributed by atoms with Crippen molar-refractivity contribution in [1.82, 2.24) is 9.36 Å². The molecule has 0 aliphatic rings. The molecule has 31 heavy (non-hydrogen) atoms. The number of nitrogens with two attached hydrogens (primary N) is 1. The Morgan fingerprint density at radius 1 is 0.742 bits per heavy atom. The van der Waals surface area contributed by atoms with Gasteiger partial charge in [-0.25, -0.2) is 22.9 Å². The second-order valence-corrected chi connectivity index (χ2v) is 8.07. The van der Waals surface area contributed by atoms with Crippen LogP contribution in [0, 0.1) is 0 Å². The van der Waals surface area contributed by atoms with Gasteiger partial charge in [-0.1, -0.05) is 36.4 Å². The molecule has 9 nitrogen and oxygen atoms in total. The third-order valence-electron chi connectivity index (χ3n) is 4.44. The number of para-hydroxylation sites is 2. The van der Waals surface area contributed by atoms with Crippen molar-refractivity contribution in [3.05, 3.63) is 95.3 Å². The molecule has 4 rings (SSSR count). The van der Waals surface area contributed by atoms with E-state index in [2.05, 4.69) is 10.2 Å². The van der Waals surface area contributed by atoms with Crippen LogP contribution in [-0.2, 0) is 10.0 Å². The van der Waals surface area contributed by atoms with Gasteiger partial charge in [-0.3, -0.25) is 4.79 Å². The van der Waals surface area contributed by atoms with Gasteiger partial charge in [-0.2, -0.15) is 5.11 Å². The number of nitrogens with zero attached hydrogens (tertiary/aromatic N) is 4. The molecule has 0 radical (unpaired) electrons. The molecule has 0 amide bonds. The first-order valence-electron chi connectivity index (χ1n) is 9.09. The molecule has 1 heterocycles. The zero-order valence-corrected chi connectivity index (χ0v) is 16.8. The van der Waals surface area contributed by atoms with Gasteiger partial charge in [0, 0.05) is 0 Å². The minimum absolute atomic E-state index is 0.0732. The number of azo groups is 1. The first-order valence-corrected chi connectivity index (χ1v) is 10.6. The van der Waals surface area contributed by atoms with Gasteiger partial charge in [0.1, 0.15) is 0 Å². The highest BCUT2D eigenvalue weighted by Crippen LogP contribution is 2.30. The Morgan fingerprint density at radius 2 is 1.26 bits per heavy atom. The van der Waals surface area contributed by atoms with E-state index in [1.165, 1.54) is 33.6 Å². The van der Waals surface area contributed by atoms with Crippen molar-refractivity contribution in [3.63, 3.8) is 0 Å². The molecule has 0 atom stereocenters. The van der Waals surface area contributed by atoms with Gasteiger partial charge in [0.25, 0.3) is 0 Å². The highest BCUT2D eigenvalue weighted by molar-refractivity contribution is 7.89. The van der Waals surface area contributed by atoms with Crippen LogP contribution in [0.3, 0.4) is 0 Å². The number of aromatic nitrogens is 2. The van der Waals surface area contributed by atoms with Gasteiger partial charge in [0.2, 0.25) is 21.6 Å². The lowest BCUT2D eigenvalue weighted by Gasteiger charge is -2.12. The summed E-state index contributed by atoms with van der Waals surface area (Å²) in [6.45, 7) is 0. The summed E-state index contributed by atoms with van der Waals surface area (Å²) in [5.41, 5.74) is 0.538. The van der Waals surface area contributed by atoms with Crippen LogP contribution in [0.15, 0.2) is 105 Å². The maximum atomic E-state index is 13.1. The van der Waals surface area contributed by atoms with Crippen LogP contribution in [0.5, 0.6) is 5.88 Å². The standard InChI is InChI=1S/C21H17N5O4S/c22-31(29,30)18-13-11-15(12-14-18)23-24-19-20(27)25(16-7-3-1-4-8-16)26(21(19)28)17-9-5-2-6-10-17/h1-14,27H,(H2,22,29,30). The number of sulfonamides is 1. The molecular weight excluding hydrogens is 418 g/mol. The van der Waals surface area contributed by atoms with Gasteiger partial charge in [-0.05, 0) is 48.5 Å². The summed E-state index contributed by atoms with van der Waals surface area (Å²) in [4.78, 5) is 13.1. The molecule has 0 spiro atoms. The minimum atomic E-state index is -3.83. The molecule has 3 N–H and O–H groups in total. The van der Waals surface area contributed by atoms with Crippen LogP contribution in [0.1, 0.15) is 0 Å². The molecule has 4 aromatic rings. The Hall–Kier alpha value is -4.02. The number of hydrogen-bond donors (Lipinski definition) is 2. The normalized spacial score (nSPS) is 11.8. The van der Waals surface area contributed by atoms with Crippen LogP contribution < -0.4 is 10.7 Å². The second kappa shape index (κ2) is 8.01. The molecule has 0 unspecified atom stereocenters. The van der Waals surface area contributed by atoms with Gasteiger partial charge >= 0.3 is 5.56 Å². The van der Waals surface area contributed by atoms with Crippen molar-refractivity contribution >= 4 is 21.4 Å². The highest BCUT2D eigenvalue weighted by atomic mass is 32.2. The summed E-state index contributed by atoms with van der Waals surface area (Å²) in [5.74, 6) is -0.384. The SMILES string of the molecule is NS(=O)(=O)c1ccc(N=Nc2c(O)n(-c3ccccc3)n(-c3ccccc3)c2=O)cc1. The van der Waals surface area contributed by atoms with Gasteiger partial charge in [0.15, 0.2) is 0 Å². The maximum absolute atomic E-state index is 13.1. The lowest BCUT2D eigenvalue weighted by Crippen LogP contribution is -2.20. The predicted octanol–water partition coefficient (Wildman–Crippen LogP) is 3.40. The minimum Gasteiger partial charge on any atom is -0.492 e. The summed E-state index contributed by atoms with van der Waals surface area (Å²) in [6.07, 6.45) is 0. The predicted molar refractivity (Wildman–Crippen MR) is 115 cm³/mol. The number of rotatable bonds is 5.